The molecule has 0 bridgehead atoms. The summed E-state index contributed by atoms with van der Waals surface area (Å²) in [5.41, 5.74) is 2.45. The zero-order valence-electron chi connectivity index (χ0n) is 18.5. The molecule has 0 aromatic heterocycles. The van der Waals surface area contributed by atoms with E-state index in [1.54, 1.807) is 7.11 Å². The van der Waals surface area contributed by atoms with Crippen molar-refractivity contribution in [2.45, 2.75) is 45.2 Å². The number of carbonyl (C=O) groups is 1. The molecule has 2 fully saturated rings. The van der Waals surface area contributed by atoms with E-state index in [1.807, 2.05) is 4.90 Å². The van der Waals surface area contributed by atoms with Gasteiger partial charge in [0.1, 0.15) is 12.4 Å². The fraction of sp³-hybridized carbons (Fsp3) is 0.708. The van der Waals surface area contributed by atoms with Crippen LogP contribution in [0, 0.1) is 5.92 Å². The van der Waals surface area contributed by atoms with Gasteiger partial charge in [-0.2, -0.15) is 0 Å². The fourth-order valence-electron chi connectivity index (χ4n) is 5.09. The monoisotopic (exact) mass is 415 g/mol. The van der Waals surface area contributed by atoms with Crippen molar-refractivity contribution in [1.82, 2.24) is 14.7 Å². The summed E-state index contributed by atoms with van der Waals surface area (Å²) in [7, 11) is 1.80. The Labute approximate surface area is 181 Å². The Morgan fingerprint density at radius 3 is 2.77 bits per heavy atom. The maximum atomic E-state index is 12.9. The molecule has 0 aliphatic carbocycles. The Morgan fingerprint density at radius 1 is 1.10 bits per heavy atom. The minimum absolute atomic E-state index is 0.234. The minimum Gasteiger partial charge on any atom is -0.491 e. The first-order valence-electron chi connectivity index (χ1n) is 11.7. The molecule has 6 nitrogen and oxygen atoms in total. The quantitative estimate of drug-likeness (QED) is 0.715. The maximum absolute atomic E-state index is 12.9. The minimum atomic E-state index is 0.234. The summed E-state index contributed by atoms with van der Waals surface area (Å²) in [6.45, 7) is 8.59. The van der Waals surface area contributed by atoms with Crippen LogP contribution in [0.15, 0.2) is 18.2 Å². The van der Waals surface area contributed by atoms with Crippen molar-refractivity contribution >= 4 is 5.91 Å². The standard InChI is InChI=1S/C24H37N3O3/c1-29-19-21-6-5-11-26(16-21)15-20-7-8-23-22(14-20)17-27(12-13-30-23)24(28)18-25-9-3-2-4-10-25/h7-8,14,21H,2-6,9-13,15-19H2,1H3. The van der Waals surface area contributed by atoms with Crippen LogP contribution in [0.3, 0.4) is 0 Å². The van der Waals surface area contributed by atoms with Crippen LogP contribution in [0.25, 0.3) is 0 Å². The predicted octanol–water partition coefficient (Wildman–Crippen LogP) is 2.75. The Balaban J connectivity index is 1.38. The summed E-state index contributed by atoms with van der Waals surface area (Å²) in [5.74, 6) is 1.80. The first-order chi connectivity index (χ1) is 14.7. The van der Waals surface area contributed by atoms with Crippen molar-refractivity contribution in [3.8, 4) is 5.75 Å². The Hall–Kier alpha value is -1.63. The molecule has 0 radical (unpaired) electrons. The molecule has 0 spiro atoms. The van der Waals surface area contributed by atoms with Gasteiger partial charge in [-0.05, 0) is 68.9 Å². The van der Waals surface area contributed by atoms with Gasteiger partial charge in [-0.3, -0.25) is 14.6 Å². The number of piperidine rings is 2. The van der Waals surface area contributed by atoms with E-state index < -0.39 is 0 Å². The van der Waals surface area contributed by atoms with E-state index in [9.17, 15) is 4.79 Å². The van der Waals surface area contributed by atoms with Crippen molar-refractivity contribution in [3.05, 3.63) is 29.3 Å². The van der Waals surface area contributed by atoms with Gasteiger partial charge in [-0.25, -0.2) is 0 Å². The highest BCUT2D eigenvalue weighted by atomic mass is 16.5. The lowest BCUT2D eigenvalue weighted by atomic mass is 9.98. The largest absolute Gasteiger partial charge is 0.491 e. The van der Waals surface area contributed by atoms with Gasteiger partial charge in [0.05, 0.1) is 19.7 Å². The smallest absolute Gasteiger partial charge is 0.237 e. The summed E-state index contributed by atoms with van der Waals surface area (Å²) in [6, 6.07) is 6.53. The van der Waals surface area contributed by atoms with E-state index in [1.165, 1.54) is 37.7 Å². The summed E-state index contributed by atoms with van der Waals surface area (Å²) in [4.78, 5) is 19.8. The molecule has 4 rings (SSSR count). The molecule has 3 aliphatic rings. The van der Waals surface area contributed by atoms with E-state index in [0.29, 0.717) is 32.2 Å². The Kier molecular flexibility index (Phi) is 7.63. The number of likely N-dealkylation sites (tertiary alicyclic amines) is 2. The summed E-state index contributed by atoms with van der Waals surface area (Å²) >= 11 is 0. The zero-order valence-corrected chi connectivity index (χ0v) is 18.5. The molecule has 1 atom stereocenters. The zero-order chi connectivity index (χ0) is 20.8. The highest BCUT2D eigenvalue weighted by Gasteiger charge is 2.24. The first kappa shape index (κ1) is 21.6. The third kappa shape index (κ3) is 5.74. The van der Waals surface area contributed by atoms with Crippen LogP contribution in [0.5, 0.6) is 5.75 Å². The highest BCUT2D eigenvalue weighted by Crippen LogP contribution is 2.26. The molecule has 30 heavy (non-hydrogen) atoms. The Bertz CT molecular complexity index is 703. The van der Waals surface area contributed by atoms with Crippen LogP contribution in [0.4, 0.5) is 0 Å². The van der Waals surface area contributed by atoms with Crippen molar-refractivity contribution in [2.75, 3.05) is 59.6 Å². The lowest BCUT2D eigenvalue weighted by Gasteiger charge is -2.32. The molecule has 1 amide bonds. The van der Waals surface area contributed by atoms with E-state index >= 15 is 0 Å². The third-order valence-corrected chi connectivity index (χ3v) is 6.68. The predicted molar refractivity (Wildman–Crippen MR) is 118 cm³/mol. The lowest BCUT2D eigenvalue weighted by molar-refractivity contribution is -0.133. The number of fused-ring (bicyclic) bond motifs is 1. The number of nitrogens with zero attached hydrogens (tertiary/aromatic N) is 3. The van der Waals surface area contributed by atoms with E-state index in [0.717, 1.165) is 50.6 Å². The van der Waals surface area contributed by atoms with Crippen molar-refractivity contribution in [1.29, 1.82) is 0 Å². The summed E-state index contributed by atoms with van der Waals surface area (Å²) < 4.78 is 11.3. The molecule has 3 aliphatic heterocycles. The number of benzene rings is 1. The molecular formula is C24H37N3O3. The summed E-state index contributed by atoms with van der Waals surface area (Å²) in [6.07, 6.45) is 6.22. The number of hydrogen-bond acceptors (Lipinski definition) is 5. The maximum Gasteiger partial charge on any atom is 0.237 e. The number of ether oxygens (including phenoxy) is 2. The highest BCUT2D eigenvalue weighted by molar-refractivity contribution is 5.78. The van der Waals surface area contributed by atoms with Gasteiger partial charge in [-0.15, -0.1) is 0 Å². The van der Waals surface area contributed by atoms with Crippen LogP contribution in [0.2, 0.25) is 0 Å². The molecule has 1 aromatic carbocycles. The molecule has 1 aromatic rings. The summed E-state index contributed by atoms with van der Waals surface area (Å²) in [5, 5.41) is 0. The van der Waals surface area contributed by atoms with Gasteiger partial charge >= 0.3 is 0 Å². The normalized spacial score (nSPS) is 23.5. The number of amides is 1. The molecule has 166 valence electrons. The second kappa shape index (κ2) is 10.6. The second-order valence-corrected chi connectivity index (χ2v) is 9.14. The molecule has 6 heteroatoms. The average Bonchev–Trinajstić information content (AvgIpc) is 2.97. The van der Waals surface area contributed by atoms with Gasteiger partial charge in [0.25, 0.3) is 0 Å². The molecule has 0 saturated carbocycles. The molecule has 1 unspecified atom stereocenters. The lowest BCUT2D eigenvalue weighted by Crippen LogP contribution is -2.42. The molecule has 2 saturated heterocycles. The molecule has 0 N–H and O–H groups in total. The van der Waals surface area contributed by atoms with Gasteiger partial charge in [0, 0.05) is 32.3 Å². The average molecular weight is 416 g/mol. The number of methoxy groups -OCH3 is 1. The van der Waals surface area contributed by atoms with Crippen LogP contribution >= 0.6 is 0 Å². The SMILES string of the molecule is COCC1CCCN(Cc2ccc3c(c2)CN(C(=O)CN2CCCCC2)CCO3)C1. The van der Waals surface area contributed by atoms with Gasteiger partial charge in [0.2, 0.25) is 5.91 Å². The first-order valence-corrected chi connectivity index (χ1v) is 11.7. The van der Waals surface area contributed by atoms with Crippen LogP contribution in [-0.4, -0.2) is 80.2 Å². The van der Waals surface area contributed by atoms with Crippen molar-refractivity contribution in [3.63, 3.8) is 0 Å². The van der Waals surface area contributed by atoms with Gasteiger partial charge in [-0.1, -0.05) is 12.5 Å². The van der Waals surface area contributed by atoms with E-state index in [4.69, 9.17) is 9.47 Å². The second-order valence-electron chi connectivity index (χ2n) is 9.14. The fourth-order valence-corrected chi connectivity index (χ4v) is 5.09. The van der Waals surface area contributed by atoms with E-state index in [2.05, 4.69) is 28.0 Å². The number of hydrogen-bond donors (Lipinski definition) is 0. The number of carbonyl (C=O) groups excluding carboxylic acids is 1. The van der Waals surface area contributed by atoms with Gasteiger partial charge in [0.15, 0.2) is 0 Å². The molecular weight excluding hydrogens is 378 g/mol. The van der Waals surface area contributed by atoms with Crippen LogP contribution in [-0.2, 0) is 22.6 Å². The van der Waals surface area contributed by atoms with Crippen molar-refractivity contribution in [2.24, 2.45) is 5.92 Å². The topological polar surface area (TPSA) is 45.2 Å². The Morgan fingerprint density at radius 2 is 1.93 bits per heavy atom. The number of rotatable bonds is 6. The van der Waals surface area contributed by atoms with Crippen molar-refractivity contribution < 1.29 is 14.3 Å². The third-order valence-electron chi connectivity index (χ3n) is 6.68. The van der Waals surface area contributed by atoms with Gasteiger partial charge < -0.3 is 14.4 Å². The van der Waals surface area contributed by atoms with Crippen LogP contribution < -0.4 is 4.74 Å². The van der Waals surface area contributed by atoms with Crippen LogP contribution in [0.1, 0.15) is 43.2 Å². The van der Waals surface area contributed by atoms with E-state index in [-0.39, 0.29) is 5.91 Å². The molecule has 3 heterocycles.